The van der Waals surface area contributed by atoms with Gasteiger partial charge < -0.3 is 15.8 Å². The van der Waals surface area contributed by atoms with Crippen molar-refractivity contribution in [3.05, 3.63) is 60.2 Å². The molecule has 4 N–H and O–H groups in total. The number of carbonyl (C=O) groups is 3. The quantitative estimate of drug-likeness (QED) is 0.522. The molecule has 0 atom stereocenters. The number of para-hydroxylation sites is 1. The lowest BCUT2D eigenvalue weighted by Crippen LogP contribution is -2.28. The first-order chi connectivity index (χ1) is 13.3. The Labute approximate surface area is 161 Å². The highest BCUT2D eigenvalue weighted by Gasteiger charge is 2.15. The molecule has 0 radical (unpaired) electrons. The average Bonchev–Trinajstić information content (AvgIpc) is 2.67. The molecule has 2 aromatic carbocycles. The van der Waals surface area contributed by atoms with Gasteiger partial charge in [0.15, 0.2) is 6.61 Å². The van der Waals surface area contributed by atoms with Crippen LogP contribution in [-0.4, -0.2) is 39.4 Å². The van der Waals surface area contributed by atoms with Gasteiger partial charge in [0, 0.05) is 6.54 Å². The maximum absolute atomic E-state index is 12.0. The van der Waals surface area contributed by atoms with Crippen LogP contribution in [0.1, 0.15) is 16.8 Å². The summed E-state index contributed by atoms with van der Waals surface area (Å²) in [6.45, 7) is -0.764. The zero-order valence-corrected chi connectivity index (χ0v) is 15.6. The predicted molar refractivity (Wildman–Crippen MR) is 101 cm³/mol. The first-order valence-corrected chi connectivity index (χ1v) is 9.67. The minimum atomic E-state index is -3.72. The van der Waals surface area contributed by atoms with Crippen LogP contribution >= 0.6 is 0 Å². The van der Waals surface area contributed by atoms with Crippen molar-refractivity contribution in [2.24, 2.45) is 5.73 Å². The maximum Gasteiger partial charge on any atom is 0.307 e. The van der Waals surface area contributed by atoms with E-state index in [-0.39, 0.29) is 29.1 Å². The molecule has 0 aliphatic heterocycles. The van der Waals surface area contributed by atoms with Gasteiger partial charge in [-0.15, -0.1) is 0 Å². The smallest absolute Gasteiger partial charge is 0.307 e. The third-order valence-electron chi connectivity index (χ3n) is 3.51. The number of hydrogen-bond donors (Lipinski definition) is 3. The summed E-state index contributed by atoms with van der Waals surface area (Å²) in [5, 5.41) is 2.42. The molecule has 0 unspecified atom stereocenters. The Balaban J connectivity index is 1.77. The van der Waals surface area contributed by atoms with Crippen molar-refractivity contribution in [3.63, 3.8) is 0 Å². The number of amides is 2. The minimum Gasteiger partial charge on any atom is -0.456 e. The summed E-state index contributed by atoms with van der Waals surface area (Å²) < 4.78 is 31.1. The van der Waals surface area contributed by atoms with Crippen molar-refractivity contribution < 1.29 is 27.5 Å². The van der Waals surface area contributed by atoms with Gasteiger partial charge in [-0.1, -0.05) is 30.3 Å². The number of nitrogens with two attached hydrogens (primary N) is 1. The predicted octanol–water partition coefficient (Wildman–Crippen LogP) is 0.636. The SMILES string of the molecule is NC(=O)c1ccccc1NC(=O)COC(=O)CCNS(=O)(=O)c1ccccc1. The van der Waals surface area contributed by atoms with E-state index in [0.29, 0.717) is 0 Å². The lowest BCUT2D eigenvalue weighted by atomic mass is 10.1. The second kappa shape index (κ2) is 9.62. The number of sulfonamides is 1. The molecule has 2 rings (SSSR count). The minimum absolute atomic E-state index is 0.0795. The second-order valence-corrected chi connectivity index (χ2v) is 7.35. The lowest BCUT2D eigenvalue weighted by Gasteiger charge is -2.09. The highest BCUT2D eigenvalue weighted by atomic mass is 32.2. The maximum atomic E-state index is 12.0. The van der Waals surface area contributed by atoms with Gasteiger partial charge in [0.25, 0.3) is 11.8 Å². The summed E-state index contributed by atoms with van der Waals surface area (Å²) in [6.07, 6.45) is -0.253. The first kappa shape index (κ1) is 21.1. The van der Waals surface area contributed by atoms with Crippen molar-refractivity contribution in [2.75, 3.05) is 18.5 Å². The summed E-state index contributed by atoms with van der Waals surface area (Å²) in [7, 11) is -3.72. The van der Waals surface area contributed by atoms with Gasteiger partial charge in [0.05, 0.1) is 22.6 Å². The van der Waals surface area contributed by atoms with Crippen LogP contribution in [0.5, 0.6) is 0 Å². The van der Waals surface area contributed by atoms with Crippen LogP contribution in [0.25, 0.3) is 0 Å². The third-order valence-corrected chi connectivity index (χ3v) is 4.98. The number of rotatable bonds is 9. The van der Waals surface area contributed by atoms with Gasteiger partial charge in [-0.05, 0) is 24.3 Å². The number of esters is 1. The number of benzene rings is 2. The highest BCUT2D eigenvalue weighted by Crippen LogP contribution is 2.14. The largest absolute Gasteiger partial charge is 0.456 e. The number of carbonyl (C=O) groups excluding carboxylic acids is 3. The van der Waals surface area contributed by atoms with E-state index in [0.717, 1.165) is 0 Å². The molecule has 0 aliphatic carbocycles. The molecular weight excluding hydrogens is 386 g/mol. The van der Waals surface area contributed by atoms with Crippen LogP contribution in [0.3, 0.4) is 0 Å². The van der Waals surface area contributed by atoms with Crippen LogP contribution in [0.4, 0.5) is 5.69 Å². The molecule has 2 aromatic rings. The molecule has 0 saturated carbocycles. The first-order valence-electron chi connectivity index (χ1n) is 8.18. The summed E-state index contributed by atoms with van der Waals surface area (Å²) in [4.78, 5) is 34.9. The summed E-state index contributed by atoms with van der Waals surface area (Å²) in [5.41, 5.74) is 5.54. The standard InChI is InChI=1S/C18H19N3O6S/c19-18(24)14-8-4-5-9-15(14)21-16(22)12-27-17(23)10-11-20-28(25,26)13-6-2-1-3-7-13/h1-9,20H,10-12H2,(H2,19,24)(H,21,22). The van der Waals surface area contributed by atoms with Gasteiger partial charge in [0.2, 0.25) is 10.0 Å². The van der Waals surface area contributed by atoms with Gasteiger partial charge in [-0.3, -0.25) is 14.4 Å². The normalized spacial score (nSPS) is 10.9. The van der Waals surface area contributed by atoms with E-state index in [4.69, 9.17) is 10.5 Å². The summed E-state index contributed by atoms with van der Waals surface area (Å²) in [6, 6.07) is 13.8. The number of nitrogens with one attached hydrogen (secondary N) is 2. The molecular formula is C18H19N3O6S. The Morgan fingerprint density at radius 2 is 1.61 bits per heavy atom. The van der Waals surface area contributed by atoms with E-state index < -0.39 is 34.4 Å². The van der Waals surface area contributed by atoms with Gasteiger partial charge in [-0.2, -0.15) is 0 Å². The molecule has 0 aliphatic rings. The van der Waals surface area contributed by atoms with Crippen molar-refractivity contribution in [1.29, 1.82) is 0 Å². The van der Waals surface area contributed by atoms with Crippen LogP contribution in [0, 0.1) is 0 Å². The molecule has 0 aromatic heterocycles. The molecule has 9 nitrogen and oxygen atoms in total. The van der Waals surface area contributed by atoms with E-state index in [1.807, 2.05) is 0 Å². The Kier molecular flexibility index (Phi) is 7.24. The highest BCUT2D eigenvalue weighted by molar-refractivity contribution is 7.89. The van der Waals surface area contributed by atoms with Crippen LogP contribution < -0.4 is 15.8 Å². The van der Waals surface area contributed by atoms with E-state index in [1.54, 1.807) is 30.3 Å². The molecule has 0 bridgehead atoms. The van der Waals surface area contributed by atoms with Crippen molar-refractivity contribution in [3.8, 4) is 0 Å². The Hall–Kier alpha value is -3.24. The molecule has 0 fully saturated rings. The van der Waals surface area contributed by atoms with Crippen LogP contribution in [0.15, 0.2) is 59.5 Å². The fraction of sp³-hybridized carbons (Fsp3) is 0.167. The monoisotopic (exact) mass is 405 g/mol. The molecule has 148 valence electrons. The van der Waals surface area contributed by atoms with Crippen molar-refractivity contribution in [2.45, 2.75) is 11.3 Å². The number of anilines is 1. The summed E-state index contributed by atoms with van der Waals surface area (Å²) in [5.74, 6) is -2.13. The van der Waals surface area contributed by atoms with E-state index >= 15 is 0 Å². The molecule has 10 heteroatoms. The molecule has 0 saturated heterocycles. The van der Waals surface area contributed by atoms with Crippen molar-refractivity contribution >= 4 is 33.5 Å². The Bertz CT molecular complexity index is 960. The van der Waals surface area contributed by atoms with E-state index in [9.17, 15) is 22.8 Å². The third kappa shape index (κ3) is 6.18. The zero-order valence-electron chi connectivity index (χ0n) is 14.8. The fourth-order valence-electron chi connectivity index (χ4n) is 2.18. The Morgan fingerprint density at radius 1 is 0.964 bits per heavy atom. The fourth-order valence-corrected chi connectivity index (χ4v) is 3.23. The zero-order chi connectivity index (χ0) is 20.6. The number of primary amides is 1. The summed E-state index contributed by atoms with van der Waals surface area (Å²) >= 11 is 0. The molecule has 2 amide bonds. The number of hydrogen-bond acceptors (Lipinski definition) is 6. The van der Waals surface area contributed by atoms with Crippen molar-refractivity contribution in [1.82, 2.24) is 4.72 Å². The Morgan fingerprint density at radius 3 is 2.29 bits per heavy atom. The molecule has 0 heterocycles. The molecule has 28 heavy (non-hydrogen) atoms. The van der Waals surface area contributed by atoms with Crippen LogP contribution in [0.2, 0.25) is 0 Å². The average molecular weight is 405 g/mol. The van der Waals surface area contributed by atoms with Gasteiger partial charge in [0.1, 0.15) is 0 Å². The number of ether oxygens (including phenoxy) is 1. The van der Waals surface area contributed by atoms with Gasteiger partial charge in [-0.25, -0.2) is 13.1 Å². The van der Waals surface area contributed by atoms with E-state index in [1.165, 1.54) is 24.3 Å². The molecule has 0 spiro atoms. The topological polar surface area (TPSA) is 145 Å². The second-order valence-electron chi connectivity index (χ2n) is 5.58. The lowest BCUT2D eigenvalue weighted by molar-refractivity contribution is -0.147. The van der Waals surface area contributed by atoms with Crippen LogP contribution in [-0.2, 0) is 24.3 Å². The van der Waals surface area contributed by atoms with Gasteiger partial charge >= 0.3 is 5.97 Å². The van der Waals surface area contributed by atoms with E-state index in [2.05, 4.69) is 10.0 Å².